The molecule has 1 amide bonds. The Morgan fingerprint density at radius 1 is 1.22 bits per heavy atom. The lowest BCUT2D eigenvalue weighted by atomic mass is 10.1. The van der Waals surface area contributed by atoms with Crippen molar-refractivity contribution in [1.82, 2.24) is 24.7 Å². The summed E-state index contributed by atoms with van der Waals surface area (Å²) in [6, 6.07) is 6.71. The van der Waals surface area contributed by atoms with Crippen LogP contribution in [0.4, 0.5) is 31.7 Å². The number of sulfonamides is 1. The third-order valence-corrected chi connectivity index (χ3v) is 7.30. The second-order valence-electron chi connectivity index (χ2n) is 9.07. The van der Waals surface area contributed by atoms with E-state index in [0.717, 1.165) is 21.7 Å². The summed E-state index contributed by atoms with van der Waals surface area (Å²) in [6.45, 7) is 1.72. The molecule has 4 aromatic rings. The molecule has 0 aliphatic heterocycles. The molecule has 5 rings (SSSR count). The number of amides is 1. The molecule has 1 fully saturated rings. The molecular formula is C23H24F2N8O3S. The average molecular weight is 531 g/mol. The highest BCUT2D eigenvalue weighted by molar-refractivity contribution is 7.92. The van der Waals surface area contributed by atoms with Gasteiger partial charge in [-0.15, -0.1) is 0 Å². The number of H-pyrrole nitrogens is 1. The van der Waals surface area contributed by atoms with Gasteiger partial charge in [-0.25, -0.2) is 27.2 Å². The summed E-state index contributed by atoms with van der Waals surface area (Å²) in [6.07, 6.45) is 4.07. The average Bonchev–Trinajstić information content (AvgIpc) is 3.09. The fourth-order valence-electron chi connectivity index (χ4n) is 3.95. The predicted molar refractivity (Wildman–Crippen MR) is 135 cm³/mol. The number of benzene rings is 1. The lowest BCUT2D eigenvalue weighted by Gasteiger charge is -2.22. The van der Waals surface area contributed by atoms with Gasteiger partial charge in [0.2, 0.25) is 15.9 Å². The molecule has 11 nitrogen and oxygen atoms in total. The van der Waals surface area contributed by atoms with Gasteiger partial charge in [0.1, 0.15) is 23.1 Å². The van der Waals surface area contributed by atoms with E-state index in [-0.39, 0.29) is 5.82 Å². The predicted octanol–water partition coefficient (Wildman–Crippen LogP) is 3.40. The molecule has 1 aliphatic carbocycles. The molecule has 194 valence electrons. The minimum Gasteiger partial charge on any atom is -0.352 e. The molecule has 3 N–H and O–H groups in total. The number of anilines is 4. The summed E-state index contributed by atoms with van der Waals surface area (Å²) in [4.78, 5) is 24.0. The van der Waals surface area contributed by atoms with Crippen molar-refractivity contribution in [3.8, 4) is 11.1 Å². The number of aromatic amines is 1. The summed E-state index contributed by atoms with van der Waals surface area (Å²) in [7, 11) is -0.413. The van der Waals surface area contributed by atoms with Crippen LogP contribution in [0.5, 0.6) is 0 Å². The van der Waals surface area contributed by atoms with Gasteiger partial charge in [-0.3, -0.25) is 13.8 Å². The summed E-state index contributed by atoms with van der Waals surface area (Å²) >= 11 is 0. The summed E-state index contributed by atoms with van der Waals surface area (Å²) in [5.41, 5.74) is 3.47. The number of nitrogens with one attached hydrogen (secondary N) is 3. The Morgan fingerprint density at radius 3 is 2.57 bits per heavy atom. The van der Waals surface area contributed by atoms with Gasteiger partial charge in [-0.1, -0.05) is 6.07 Å². The van der Waals surface area contributed by atoms with Crippen molar-refractivity contribution < 1.29 is 22.0 Å². The first-order valence-corrected chi connectivity index (χ1v) is 13.1. The molecule has 3 aromatic heterocycles. The van der Waals surface area contributed by atoms with Crippen molar-refractivity contribution in [2.24, 2.45) is 13.0 Å². The molecule has 1 aliphatic rings. The fraction of sp³-hybridized carbons (Fsp3) is 0.304. The van der Waals surface area contributed by atoms with Crippen LogP contribution in [0.2, 0.25) is 0 Å². The van der Waals surface area contributed by atoms with Crippen LogP contribution < -0.4 is 14.9 Å². The van der Waals surface area contributed by atoms with E-state index in [4.69, 9.17) is 0 Å². The molecule has 37 heavy (non-hydrogen) atoms. The van der Waals surface area contributed by atoms with Crippen molar-refractivity contribution in [1.29, 1.82) is 0 Å². The fourth-order valence-corrected chi connectivity index (χ4v) is 4.46. The monoisotopic (exact) mass is 530 g/mol. The van der Waals surface area contributed by atoms with Crippen LogP contribution >= 0.6 is 0 Å². The number of rotatable bonds is 7. The lowest BCUT2D eigenvalue weighted by molar-refractivity contribution is -0.119. The first-order chi connectivity index (χ1) is 17.3. The number of alkyl halides is 2. The van der Waals surface area contributed by atoms with Crippen LogP contribution in [0.3, 0.4) is 0 Å². The Bertz CT molecular complexity index is 1650. The maximum atomic E-state index is 13.4. The van der Waals surface area contributed by atoms with Crippen LogP contribution in [0, 0.1) is 12.8 Å². The summed E-state index contributed by atoms with van der Waals surface area (Å²) < 4.78 is 54.4. The largest absolute Gasteiger partial charge is 0.352 e. The number of nitrogens with zero attached hydrogens (tertiary/aromatic N) is 5. The number of carbonyl (C=O) groups is 1. The van der Waals surface area contributed by atoms with E-state index in [9.17, 15) is 22.0 Å². The Labute approximate surface area is 211 Å². The number of hydrogen-bond donors (Lipinski definition) is 3. The van der Waals surface area contributed by atoms with E-state index >= 15 is 0 Å². The lowest BCUT2D eigenvalue weighted by Crippen LogP contribution is -2.25. The van der Waals surface area contributed by atoms with Gasteiger partial charge < -0.3 is 15.6 Å². The number of imidazole rings is 1. The quantitative estimate of drug-likeness (QED) is 0.333. The zero-order chi connectivity index (χ0) is 26.7. The molecule has 0 saturated heterocycles. The zero-order valence-corrected chi connectivity index (χ0v) is 21.2. The van der Waals surface area contributed by atoms with Crippen LogP contribution in [0.1, 0.15) is 12.2 Å². The van der Waals surface area contributed by atoms with Crippen molar-refractivity contribution >= 4 is 50.0 Å². The zero-order valence-electron chi connectivity index (χ0n) is 20.4. The van der Waals surface area contributed by atoms with Crippen molar-refractivity contribution in [2.75, 3.05) is 28.2 Å². The molecule has 0 bridgehead atoms. The number of hydrogen-bond acceptors (Lipinski definition) is 7. The van der Waals surface area contributed by atoms with Crippen LogP contribution in [0.25, 0.3) is 22.3 Å². The van der Waals surface area contributed by atoms with E-state index in [1.807, 2.05) is 12.3 Å². The standard InChI is InChI=1S/C23H24F2N8O3S/c1-12-27-20-17(8-19(30-21(20)28-12)31-22(34)15-9-23(15,24)25)29-16-6-5-13(14-10-26-32(2)11-14)7-18(16)33(3)37(4,35)36/h5-8,10-11,15H,9H2,1-4H3,(H3,27,28,29,30,31,34). The third-order valence-electron chi connectivity index (χ3n) is 6.11. The second kappa shape index (κ2) is 8.50. The van der Waals surface area contributed by atoms with Gasteiger partial charge in [-0.2, -0.15) is 5.10 Å². The maximum absolute atomic E-state index is 13.4. The molecule has 14 heteroatoms. The highest BCUT2D eigenvalue weighted by atomic mass is 32.2. The van der Waals surface area contributed by atoms with Gasteiger partial charge in [0, 0.05) is 38.3 Å². The van der Waals surface area contributed by atoms with E-state index < -0.39 is 34.2 Å². The van der Waals surface area contributed by atoms with Gasteiger partial charge >= 0.3 is 0 Å². The van der Waals surface area contributed by atoms with E-state index in [0.29, 0.717) is 34.1 Å². The molecule has 3 heterocycles. The summed E-state index contributed by atoms with van der Waals surface area (Å²) in [5.74, 6) is -4.63. The van der Waals surface area contributed by atoms with E-state index in [1.165, 1.54) is 13.1 Å². The SMILES string of the molecule is Cc1nc2c(Nc3ccc(-c4cnn(C)c4)cc3N(C)S(C)(=O)=O)cc(NC(=O)C3CC3(F)F)nc2[nH]1. The smallest absolute Gasteiger partial charge is 0.260 e. The highest BCUT2D eigenvalue weighted by Gasteiger charge is 2.61. The minimum absolute atomic E-state index is 0.0522. The normalized spacial score (nSPS) is 16.5. The van der Waals surface area contributed by atoms with Gasteiger partial charge in [-0.05, 0) is 24.6 Å². The van der Waals surface area contributed by atoms with Crippen molar-refractivity contribution in [3.63, 3.8) is 0 Å². The molecular weight excluding hydrogens is 506 g/mol. The second-order valence-corrected chi connectivity index (χ2v) is 11.1. The maximum Gasteiger partial charge on any atom is 0.260 e. The molecule has 1 aromatic carbocycles. The topological polar surface area (TPSA) is 138 Å². The van der Waals surface area contributed by atoms with Crippen LogP contribution in [-0.2, 0) is 21.9 Å². The van der Waals surface area contributed by atoms with Crippen LogP contribution in [-0.4, -0.2) is 58.3 Å². The summed E-state index contributed by atoms with van der Waals surface area (Å²) in [5, 5.41) is 9.81. The molecule has 0 spiro atoms. The van der Waals surface area contributed by atoms with Crippen molar-refractivity contribution in [3.05, 3.63) is 42.5 Å². The Kier molecular flexibility index (Phi) is 5.66. The number of aromatic nitrogens is 5. The molecule has 1 atom stereocenters. The molecule has 1 unspecified atom stereocenters. The number of fused-ring (bicyclic) bond motifs is 1. The number of pyridine rings is 1. The number of carbonyl (C=O) groups excluding carboxylic acids is 1. The van der Waals surface area contributed by atoms with E-state index in [1.54, 1.807) is 37.0 Å². The Balaban J connectivity index is 1.56. The van der Waals surface area contributed by atoms with Gasteiger partial charge in [0.15, 0.2) is 5.65 Å². The van der Waals surface area contributed by atoms with Crippen LogP contribution in [0.15, 0.2) is 36.7 Å². The molecule has 0 radical (unpaired) electrons. The van der Waals surface area contributed by atoms with Gasteiger partial charge in [0.25, 0.3) is 5.92 Å². The Morgan fingerprint density at radius 2 is 1.95 bits per heavy atom. The van der Waals surface area contributed by atoms with Crippen molar-refractivity contribution in [2.45, 2.75) is 19.3 Å². The third kappa shape index (κ3) is 4.83. The van der Waals surface area contributed by atoms with Gasteiger partial charge in [0.05, 0.1) is 29.5 Å². The number of aryl methyl sites for hydroxylation is 2. The first-order valence-electron chi connectivity index (χ1n) is 11.2. The minimum atomic E-state index is -3.63. The first kappa shape index (κ1) is 24.6. The number of halogens is 2. The Hall–Kier alpha value is -4.07. The molecule has 1 saturated carbocycles. The van der Waals surface area contributed by atoms with E-state index in [2.05, 4.69) is 30.7 Å². The highest BCUT2D eigenvalue weighted by Crippen LogP contribution is 2.49.